The number of thiazole rings is 1. The van der Waals surface area contributed by atoms with Gasteiger partial charge in [-0.1, -0.05) is 31.3 Å². The molecule has 2 aliphatic heterocycles. The third-order valence-corrected chi connectivity index (χ3v) is 8.72. The first-order chi connectivity index (χ1) is 20.5. The summed E-state index contributed by atoms with van der Waals surface area (Å²) in [7, 11) is 0. The molecule has 1 N–H and O–H groups in total. The number of carbonyl (C=O) groups is 3. The Morgan fingerprint density at radius 1 is 1.16 bits per heavy atom. The van der Waals surface area contributed by atoms with Gasteiger partial charge in [-0.2, -0.15) is 0 Å². The first-order valence-corrected chi connectivity index (χ1v) is 15.3. The van der Waals surface area contributed by atoms with E-state index in [9.17, 15) is 19.5 Å². The Morgan fingerprint density at radius 3 is 2.60 bits per heavy atom. The van der Waals surface area contributed by atoms with Crippen LogP contribution in [-0.4, -0.2) is 46.9 Å². The lowest BCUT2D eigenvalue weighted by atomic mass is 9.94. The van der Waals surface area contributed by atoms with Crippen molar-refractivity contribution in [1.29, 1.82) is 0 Å². The zero-order chi connectivity index (χ0) is 31.0. The fourth-order valence-corrected chi connectivity index (χ4v) is 6.36. The largest absolute Gasteiger partial charge is 0.507 e. The number of aliphatic hydroxyl groups excluding tert-OH is 1. The normalized spacial score (nSPS) is 19.1. The van der Waals surface area contributed by atoms with E-state index in [1.807, 2.05) is 13.8 Å². The van der Waals surface area contributed by atoms with Gasteiger partial charge < -0.3 is 19.3 Å². The number of benzene rings is 2. The van der Waals surface area contributed by atoms with Crippen LogP contribution in [0, 0.1) is 12.8 Å². The number of ether oxygens (including phenoxy) is 3. The first kappa shape index (κ1) is 30.3. The lowest BCUT2D eigenvalue weighted by molar-refractivity contribution is -0.132. The van der Waals surface area contributed by atoms with E-state index in [0.29, 0.717) is 58.7 Å². The molecular formula is C33H36N2O7S. The third kappa shape index (κ3) is 5.88. The summed E-state index contributed by atoms with van der Waals surface area (Å²) in [5.41, 5.74) is 2.22. The van der Waals surface area contributed by atoms with Crippen molar-refractivity contribution in [3.05, 3.63) is 69.2 Å². The molecule has 0 saturated carbocycles. The smallest absolute Gasteiger partial charge is 0.301 e. The van der Waals surface area contributed by atoms with Crippen molar-refractivity contribution in [3.63, 3.8) is 0 Å². The number of fused-ring (bicyclic) bond motifs is 1. The molecule has 5 rings (SSSR count). The van der Waals surface area contributed by atoms with E-state index < -0.39 is 17.7 Å². The number of amides is 1. The van der Waals surface area contributed by atoms with E-state index in [0.717, 1.165) is 29.1 Å². The summed E-state index contributed by atoms with van der Waals surface area (Å²) in [4.78, 5) is 45.8. The lowest BCUT2D eigenvalue weighted by Gasteiger charge is -2.24. The Kier molecular flexibility index (Phi) is 8.59. The zero-order valence-electron chi connectivity index (χ0n) is 25.2. The van der Waals surface area contributed by atoms with Gasteiger partial charge in [0.15, 0.2) is 22.4 Å². The van der Waals surface area contributed by atoms with Crippen molar-refractivity contribution >= 4 is 39.7 Å². The number of ketones is 2. The molecule has 0 bridgehead atoms. The topological polar surface area (TPSA) is 115 Å². The Bertz CT molecular complexity index is 1620. The highest BCUT2D eigenvalue weighted by Crippen LogP contribution is 2.46. The van der Waals surface area contributed by atoms with Gasteiger partial charge in [0.2, 0.25) is 0 Å². The summed E-state index contributed by atoms with van der Waals surface area (Å²) >= 11 is 1.04. The molecule has 3 heterocycles. The number of carbonyl (C=O) groups excluding carboxylic acids is 3. The number of aromatic nitrogens is 1. The van der Waals surface area contributed by atoms with Gasteiger partial charge in [-0.05, 0) is 74.6 Å². The molecule has 1 saturated heterocycles. The van der Waals surface area contributed by atoms with Crippen LogP contribution in [0.25, 0.3) is 5.76 Å². The quantitative estimate of drug-likeness (QED) is 0.122. The second-order valence-corrected chi connectivity index (χ2v) is 12.2. The van der Waals surface area contributed by atoms with Crippen LogP contribution in [0.4, 0.5) is 5.13 Å². The van der Waals surface area contributed by atoms with Crippen molar-refractivity contribution in [2.45, 2.75) is 66.5 Å². The Morgan fingerprint density at radius 2 is 1.93 bits per heavy atom. The molecule has 2 aromatic carbocycles. The molecule has 2 aliphatic rings. The van der Waals surface area contributed by atoms with Gasteiger partial charge in [0.05, 0.1) is 35.4 Å². The number of hydrogen-bond acceptors (Lipinski definition) is 9. The average molecular weight is 605 g/mol. The van der Waals surface area contributed by atoms with Crippen molar-refractivity contribution in [2.24, 2.45) is 5.92 Å². The molecule has 43 heavy (non-hydrogen) atoms. The van der Waals surface area contributed by atoms with Gasteiger partial charge in [0.1, 0.15) is 17.6 Å². The van der Waals surface area contributed by atoms with Crippen LogP contribution in [0.1, 0.15) is 79.1 Å². The number of hydrogen-bond donors (Lipinski definition) is 1. The minimum Gasteiger partial charge on any atom is -0.507 e. The second-order valence-electron chi connectivity index (χ2n) is 11.3. The Balaban J connectivity index is 1.66. The van der Waals surface area contributed by atoms with Gasteiger partial charge in [-0.25, -0.2) is 4.98 Å². The maximum Gasteiger partial charge on any atom is 0.301 e. The number of Topliss-reactive ketones (excluding diaryl/α,β-unsaturated/α-hetero) is 2. The van der Waals surface area contributed by atoms with Gasteiger partial charge in [0, 0.05) is 18.9 Å². The highest BCUT2D eigenvalue weighted by Gasteiger charge is 2.48. The molecule has 226 valence electrons. The monoisotopic (exact) mass is 604 g/mol. The van der Waals surface area contributed by atoms with Gasteiger partial charge in [0.25, 0.3) is 5.78 Å². The molecule has 0 radical (unpaired) electrons. The predicted octanol–water partition coefficient (Wildman–Crippen LogP) is 6.43. The molecule has 10 heteroatoms. The van der Waals surface area contributed by atoms with Gasteiger partial charge in [-0.3, -0.25) is 19.3 Å². The number of aryl methyl sites for hydroxylation is 1. The molecule has 1 aromatic heterocycles. The molecule has 1 amide bonds. The number of rotatable bonds is 10. The van der Waals surface area contributed by atoms with Crippen LogP contribution in [0.5, 0.6) is 17.2 Å². The van der Waals surface area contributed by atoms with Crippen LogP contribution in [0.3, 0.4) is 0 Å². The van der Waals surface area contributed by atoms with E-state index >= 15 is 0 Å². The maximum absolute atomic E-state index is 13.7. The molecule has 1 fully saturated rings. The Hall–Kier alpha value is -4.18. The maximum atomic E-state index is 13.7. The summed E-state index contributed by atoms with van der Waals surface area (Å²) in [5, 5.41) is 11.9. The third-order valence-electron chi connectivity index (χ3n) is 7.46. The van der Waals surface area contributed by atoms with Crippen molar-refractivity contribution in [1.82, 2.24) is 4.98 Å². The highest BCUT2D eigenvalue weighted by molar-refractivity contribution is 7.18. The van der Waals surface area contributed by atoms with E-state index in [-0.39, 0.29) is 28.4 Å². The predicted molar refractivity (Wildman–Crippen MR) is 164 cm³/mol. The molecule has 0 spiro atoms. The molecule has 0 aliphatic carbocycles. The Labute approximate surface area is 255 Å². The summed E-state index contributed by atoms with van der Waals surface area (Å²) in [6, 6.07) is 9.44. The second kappa shape index (κ2) is 12.2. The van der Waals surface area contributed by atoms with Crippen LogP contribution < -0.4 is 19.1 Å². The lowest BCUT2D eigenvalue weighted by Crippen LogP contribution is -2.29. The van der Waals surface area contributed by atoms with E-state index in [4.69, 9.17) is 14.2 Å². The molecular weight excluding hydrogens is 568 g/mol. The van der Waals surface area contributed by atoms with Gasteiger partial charge >= 0.3 is 5.91 Å². The summed E-state index contributed by atoms with van der Waals surface area (Å²) in [6.07, 6.45) is 1.52. The fraction of sp³-hybridized carbons (Fsp3) is 0.394. The van der Waals surface area contributed by atoms with Crippen molar-refractivity contribution < 1.29 is 33.7 Å². The molecule has 3 aromatic rings. The molecule has 2 atom stereocenters. The SMILES string of the molecule is CCOc1cc([C@@H]2/C(=C(\O)c3ccc4c(c3)C[C@H](C)O4)C(=O)C(=O)N2c2nc(C)c(C(C)=O)s2)ccc1OCCC(C)C. The van der Waals surface area contributed by atoms with Crippen molar-refractivity contribution in [2.75, 3.05) is 18.1 Å². The standard InChI is InChI=1S/C33H36N2O7S/c1-7-40-26-16-21(8-11-25(26)41-13-12-17(2)3)28-27(29(37)22-9-10-24-23(15-22)14-18(4)42-24)30(38)32(39)35(28)33-34-19(5)31(43-33)20(6)36/h8-11,15-18,28,37H,7,12-14H2,1-6H3/b29-27+/t18-,28+/m0/s1. The van der Waals surface area contributed by atoms with E-state index in [1.54, 1.807) is 43.3 Å². The minimum atomic E-state index is -1.03. The van der Waals surface area contributed by atoms with Crippen LogP contribution in [-0.2, 0) is 16.0 Å². The van der Waals surface area contributed by atoms with Gasteiger partial charge in [-0.15, -0.1) is 0 Å². The van der Waals surface area contributed by atoms with Crippen LogP contribution in [0.2, 0.25) is 0 Å². The average Bonchev–Trinajstić information content (AvgIpc) is 3.60. The number of anilines is 1. The van der Waals surface area contributed by atoms with E-state index in [2.05, 4.69) is 18.8 Å². The molecule has 9 nitrogen and oxygen atoms in total. The summed E-state index contributed by atoms with van der Waals surface area (Å²) in [6.45, 7) is 12.0. The molecule has 0 unspecified atom stereocenters. The van der Waals surface area contributed by atoms with Crippen LogP contribution >= 0.6 is 11.3 Å². The zero-order valence-corrected chi connectivity index (χ0v) is 26.0. The summed E-state index contributed by atoms with van der Waals surface area (Å²) < 4.78 is 17.7. The highest BCUT2D eigenvalue weighted by atomic mass is 32.1. The first-order valence-electron chi connectivity index (χ1n) is 14.5. The number of nitrogens with zero attached hydrogens (tertiary/aromatic N) is 2. The van der Waals surface area contributed by atoms with Crippen LogP contribution in [0.15, 0.2) is 42.0 Å². The minimum absolute atomic E-state index is 0.000140. The van der Waals surface area contributed by atoms with Crippen molar-refractivity contribution in [3.8, 4) is 17.2 Å². The summed E-state index contributed by atoms with van der Waals surface area (Å²) in [5.74, 6) is 0.00568. The fourth-order valence-electron chi connectivity index (χ4n) is 5.37. The van der Waals surface area contributed by atoms with E-state index in [1.165, 1.54) is 11.8 Å². The number of aliphatic hydroxyl groups is 1.